The molecule has 0 bridgehead atoms. The number of hydrogen-bond donors (Lipinski definition) is 1. The molecule has 7 heteroatoms. The van der Waals surface area contributed by atoms with E-state index in [0.717, 1.165) is 17.1 Å². The highest BCUT2D eigenvalue weighted by Gasteiger charge is 2.25. The van der Waals surface area contributed by atoms with Gasteiger partial charge in [-0.2, -0.15) is 16.1 Å². The van der Waals surface area contributed by atoms with Gasteiger partial charge in [0.2, 0.25) is 10.0 Å². The lowest BCUT2D eigenvalue weighted by atomic mass is 10.3. The molecule has 0 radical (unpaired) electrons. The van der Waals surface area contributed by atoms with Gasteiger partial charge in [-0.1, -0.05) is 0 Å². The van der Waals surface area contributed by atoms with Crippen molar-refractivity contribution in [2.75, 3.05) is 19.1 Å². The summed E-state index contributed by atoms with van der Waals surface area (Å²) >= 11 is 3.11. The minimum absolute atomic E-state index is 0.00340. The van der Waals surface area contributed by atoms with Gasteiger partial charge in [-0.25, -0.2) is 8.42 Å². The Morgan fingerprint density at radius 1 is 1.56 bits per heavy atom. The lowest BCUT2D eigenvalue weighted by molar-refractivity contribution is 0.382. The maximum Gasteiger partial charge on any atom is 0.243 e. The van der Waals surface area contributed by atoms with Crippen LogP contribution in [0.15, 0.2) is 16.3 Å². The fourth-order valence-electron chi connectivity index (χ4n) is 1.48. The van der Waals surface area contributed by atoms with Gasteiger partial charge >= 0.3 is 0 Å². The lowest BCUT2D eigenvalue weighted by Gasteiger charge is -2.23. The van der Waals surface area contributed by atoms with Crippen LogP contribution in [-0.4, -0.2) is 37.8 Å². The first-order chi connectivity index (χ1) is 8.43. The van der Waals surface area contributed by atoms with E-state index in [2.05, 4.69) is 0 Å². The van der Waals surface area contributed by atoms with Crippen LogP contribution in [0, 0.1) is 0 Å². The Morgan fingerprint density at radius 2 is 2.22 bits per heavy atom. The van der Waals surface area contributed by atoms with Gasteiger partial charge in [-0.15, -0.1) is 11.3 Å². The Labute approximate surface area is 118 Å². The normalized spacial score (nSPS) is 14.1. The van der Waals surface area contributed by atoms with Crippen LogP contribution in [0.3, 0.4) is 0 Å². The summed E-state index contributed by atoms with van der Waals surface area (Å²) in [6.07, 6.45) is 2.87. The monoisotopic (exact) mass is 308 g/mol. The summed E-state index contributed by atoms with van der Waals surface area (Å²) in [6, 6.07) is 1.67. The third-order valence-corrected chi connectivity index (χ3v) is 6.57. The fraction of sp³-hybridized carbons (Fsp3) is 0.636. The quantitative estimate of drug-likeness (QED) is 0.836. The summed E-state index contributed by atoms with van der Waals surface area (Å²) in [7, 11) is -1.74. The van der Waals surface area contributed by atoms with E-state index in [1.54, 1.807) is 30.3 Å². The minimum atomic E-state index is -3.38. The maximum absolute atomic E-state index is 12.4. The van der Waals surface area contributed by atoms with Crippen molar-refractivity contribution in [1.82, 2.24) is 4.31 Å². The predicted octanol–water partition coefficient (Wildman–Crippen LogP) is 1.97. The van der Waals surface area contributed by atoms with E-state index in [1.165, 1.54) is 15.6 Å². The topological polar surface area (TPSA) is 63.4 Å². The van der Waals surface area contributed by atoms with Gasteiger partial charge in [0.15, 0.2) is 0 Å². The van der Waals surface area contributed by atoms with E-state index in [0.29, 0.717) is 11.4 Å². The van der Waals surface area contributed by atoms with Crippen LogP contribution in [0.1, 0.15) is 18.2 Å². The molecule has 1 rings (SSSR count). The Kier molecular flexibility index (Phi) is 6.13. The SMILES string of the molecule is CSCCC(C)N(C)S(=O)(=O)c1csc(CN)c1. The number of rotatable bonds is 7. The van der Waals surface area contributed by atoms with Crippen molar-refractivity contribution in [3.63, 3.8) is 0 Å². The van der Waals surface area contributed by atoms with E-state index < -0.39 is 10.0 Å². The van der Waals surface area contributed by atoms with E-state index in [9.17, 15) is 8.42 Å². The molecule has 18 heavy (non-hydrogen) atoms. The summed E-state index contributed by atoms with van der Waals surface area (Å²) in [5.74, 6) is 0.957. The first-order valence-electron chi connectivity index (χ1n) is 5.68. The van der Waals surface area contributed by atoms with Gasteiger partial charge in [0.05, 0.1) is 4.90 Å². The molecule has 0 amide bonds. The van der Waals surface area contributed by atoms with Crippen LogP contribution in [0.4, 0.5) is 0 Å². The Hall–Kier alpha value is -0.0800. The molecular formula is C11H20N2O2S3. The highest BCUT2D eigenvalue weighted by atomic mass is 32.2. The van der Waals surface area contributed by atoms with Crippen LogP contribution in [0.5, 0.6) is 0 Å². The molecule has 1 heterocycles. The van der Waals surface area contributed by atoms with Crippen molar-refractivity contribution >= 4 is 33.1 Å². The lowest BCUT2D eigenvalue weighted by Crippen LogP contribution is -2.35. The Morgan fingerprint density at radius 3 is 2.72 bits per heavy atom. The number of nitrogens with zero attached hydrogens (tertiary/aromatic N) is 1. The minimum Gasteiger partial charge on any atom is -0.326 e. The maximum atomic E-state index is 12.4. The molecule has 1 atom stereocenters. The second-order valence-corrected chi connectivity index (χ2v) is 8.08. The van der Waals surface area contributed by atoms with Crippen LogP contribution in [-0.2, 0) is 16.6 Å². The summed E-state index contributed by atoms with van der Waals surface area (Å²) in [4.78, 5) is 1.24. The van der Waals surface area contributed by atoms with Crippen molar-refractivity contribution in [3.8, 4) is 0 Å². The molecule has 0 fully saturated rings. The molecule has 0 aliphatic heterocycles. The number of nitrogens with two attached hydrogens (primary N) is 1. The van der Waals surface area contributed by atoms with Gasteiger partial charge < -0.3 is 5.73 Å². The molecule has 4 nitrogen and oxygen atoms in total. The summed E-state index contributed by atoms with van der Waals surface area (Å²) < 4.78 is 26.2. The second-order valence-electron chi connectivity index (χ2n) is 4.10. The highest BCUT2D eigenvalue weighted by molar-refractivity contribution is 7.98. The van der Waals surface area contributed by atoms with E-state index >= 15 is 0 Å². The van der Waals surface area contributed by atoms with Gasteiger partial charge in [0.25, 0.3) is 0 Å². The second kappa shape index (κ2) is 6.91. The van der Waals surface area contributed by atoms with Crippen LogP contribution >= 0.6 is 23.1 Å². The van der Waals surface area contributed by atoms with E-state index in [1.807, 2.05) is 13.2 Å². The largest absolute Gasteiger partial charge is 0.326 e. The zero-order valence-corrected chi connectivity index (χ0v) is 13.4. The summed E-state index contributed by atoms with van der Waals surface area (Å²) in [6.45, 7) is 2.32. The zero-order chi connectivity index (χ0) is 13.8. The smallest absolute Gasteiger partial charge is 0.243 e. The molecule has 0 aromatic carbocycles. The molecule has 2 N–H and O–H groups in total. The van der Waals surface area contributed by atoms with E-state index in [4.69, 9.17) is 5.73 Å². The van der Waals surface area contributed by atoms with Gasteiger partial charge in [-0.3, -0.25) is 0 Å². The van der Waals surface area contributed by atoms with Crippen molar-refractivity contribution in [1.29, 1.82) is 0 Å². The van der Waals surface area contributed by atoms with Crippen molar-refractivity contribution in [2.45, 2.75) is 30.8 Å². The van der Waals surface area contributed by atoms with Crippen LogP contribution in [0.25, 0.3) is 0 Å². The van der Waals surface area contributed by atoms with Gasteiger partial charge in [0.1, 0.15) is 0 Å². The molecule has 1 aromatic rings. The average molecular weight is 308 g/mol. The number of hydrogen-bond acceptors (Lipinski definition) is 5. The van der Waals surface area contributed by atoms with Crippen molar-refractivity contribution in [3.05, 3.63) is 16.3 Å². The molecule has 1 unspecified atom stereocenters. The van der Waals surface area contributed by atoms with Crippen molar-refractivity contribution in [2.24, 2.45) is 5.73 Å². The average Bonchev–Trinajstić information content (AvgIpc) is 2.84. The molecule has 0 aliphatic rings. The third kappa shape index (κ3) is 3.71. The highest BCUT2D eigenvalue weighted by Crippen LogP contribution is 2.23. The van der Waals surface area contributed by atoms with Gasteiger partial charge in [-0.05, 0) is 31.4 Å². The van der Waals surface area contributed by atoms with Gasteiger partial charge in [0, 0.05) is 29.9 Å². The Bertz CT molecular complexity index is 470. The molecule has 0 spiro atoms. The first kappa shape index (κ1) is 16.0. The first-order valence-corrected chi connectivity index (χ1v) is 9.39. The van der Waals surface area contributed by atoms with E-state index in [-0.39, 0.29) is 6.04 Å². The summed E-state index contributed by atoms with van der Waals surface area (Å²) in [5, 5.41) is 1.66. The molecular weight excluding hydrogens is 288 g/mol. The zero-order valence-electron chi connectivity index (χ0n) is 10.9. The Balaban J connectivity index is 2.85. The van der Waals surface area contributed by atoms with Crippen molar-refractivity contribution < 1.29 is 8.42 Å². The predicted molar refractivity (Wildman–Crippen MR) is 79.6 cm³/mol. The third-order valence-electron chi connectivity index (χ3n) is 2.87. The fourth-order valence-corrected chi connectivity index (χ4v) is 4.59. The molecule has 0 saturated heterocycles. The number of thioether (sulfide) groups is 1. The van der Waals surface area contributed by atoms with Crippen LogP contribution in [0.2, 0.25) is 0 Å². The van der Waals surface area contributed by atoms with Crippen LogP contribution < -0.4 is 5.73 Å². The number of sulfonamides is 1. The standard InChI is InChI=1S/C11H20N2O2S3/c1-9(4-5-16-3)13(2)18(14,15)11-6-10(7-12)17-8-11/h6,8-9H,4-5,7,12H2,1-3H3. The molecule has 0 aliphatic carbocycles. The molecule has 104 valence electrons. The molecule has 1 aromatic heterocycles. The molecule has 0 saturated carbocycles. The number of thiophene rings is 1. The summed E-state index contributed by atoms with van der Waals surface area (Å²) in [5.41, 5.74) is 5.51.